The lowest BCUT2D eigenvalue weighted by atomic mass is 10.1. The minimum absolute atomic E-state index is 0. The number of aliphatic imine (C=N–C) groups is 1. The van der Waals surface area contributed by atoms with E-state index in [1.807, 2.05) is 24.3 Å². The Balaban J connectivity index is 0.00000338. The summed E-state index contributed by atoms with van der Waals surface area (Å²) in [5, 5.41) is 16.4. The Morgan fingerprint density at radius 1 is 1.04 bits per heavy atom. The second-order valence-electron chi connectivity index (χ2n) is 5.41. The van der Waals surface area contributed by atoms with Crippen molar-refractivity contribution in [1.82, 2.24) is 10.6 Å². The van der Waals surface area contributed by atoms with E-state index in [4.69, 9.17) is 9.47 Å². The van der Waals surface area contributed by atoms with Gasteiger partial charge in [-0.2, -0.15) is 0 Å². The van der Waals surface area contributed by atoms with E-state index in [0.29, 0.717) is 24.8 Å². The molecule has 0 aromatic heterocycles. The first kappa shape index (κ1) is 21.9. The van der Waals surface area contributed by atoms with Crippen LogP contribution < -0.4 is 20.1 Å². The highest BCUT2D eigenvalue weighted by Crippen LogP contribution is 2.22. The van der Waals surface area contributed by atoms with E-state index in [0.717, 1.165) is 23.3 Å². The molecule has 142 valence electrons. The Morgan fingerprint density at radius 3 is 2.50 bits per heavy atom. The van der Waals surface area contributed by atoms with Crippen molar-refractivity contribution in [3.63, 3.8) is 0 Å². The van der Waals surface area contributed by atoms with Crippen LogP contribution in [0.1, 0.15) is 11.1 Å². The maximum atomic E-state index is 9.93. The third-order valence-electron chi connectivity index (χ3n) is 3.84. The van der Waals surface area contributed by atoms with Gasteiger partial charge in [0.1, 0.15) is 17.2 Å². The number of benzene rings is 2. The normalized spacial score (nSPS) is 10.7. The molecule has 0 saturated carbocycles. The quantitative estimate of drug-likeness (QED) is 0.329. The Labute approximate surface area is 171 Å². The van der Waals surface area contributed by atoms with Crippen LogP contribution in [0.2, 0.25) is 0 Å². The van der Waals surface area contributed by atoms with Crippen LogP contribution in [0.5, 0.6) is 17.2 Å². The van der Waals surface area contributed by atoms with Gasteiger partial charge in [-0.15, -0.1) is 24.0 Å². The molecule has 0 radical (unpaired) electrons. The fourth-order valence-electron chi connectivity index (χ4n) is 2.46. The zero-order valence-corrected chi connectivity index (χ0v) is 17.6. The van der Waals surface area contributed by atoms with Gasteiger partial charge in [0.15, 0.2) is 5.96 Å². The molecule has 0 atom stereocenters. The fraction of sp³-hybridized carbons (Fsp3) is 0.316. The van der Waals surface area contributed by atoms with Crippen LogP contribution in [0.4, 0.5) is 0 Å². The molecule has 2 rings (SSSR count). The van der Waals surface area contributed by atoms with Gasteiger partial charge in [0.05, 0.1) is 14.2 Å². The first-order chi connectivity index (χ1) is 12.2. The third kappa shape index (κ3) is 6.29. The number of aromatic hydroxyl groups is 1. The highest BCUT2D eigenvalue weighted by atomic mass is 127. The predicted molar refractivity (Wildman–Crippen MR) is 115 cm³/mol. The summed E-state index contributed by atoms with van der Waals surface area (Å²) in [7, 11) is 4.99. The van der Waals surface area contributed by atoms with Crippen LogP contribution in [-0.4, -0.2) is 38.9 Å². The van der Waals surface area contributed by atoms with Gasteiger partial charge in [-0.3, -0.25) is 4.99 Å². The maximum absolute atomic E-state index is 9.93. The van der Waals surface area contributed by atoms with Crippen LogP contribution in [0.15, 0.2) is 47.5 Å². The zero-order valence-electron chi connectivity index (χ0n) is 15.3. The smallest absolute Gasteiger partial charge is 0.191 e. The molecule has 0 aliphatic rings. The van der Waals surface area contributed by atoms with E-state index in [1.165, 1.54) is 0 Å². The molecule has 0 bridgehead atoms. The molecule has 0 amide bonds. The number of nitrogens with zero attached hydrogens (tertiary/aromatic N) is 1. The largest absolute Gasteiger partial charge is 0.508 e. The van der Waals surface area contributed by atoms with Crippen LogP contribution in [0.3, 0.4) is 0 Å². The van der Waals surface area contributed by atoms with Gasteiger partial charge in [-0.25, -0.2) is 0 Å². The van der Waals surface area contributed by atoms with Crippen molar-refractivity contribution in [2.75, 3.05) is 27.8 Å². The molecule has 2 aromatic carbocycles. The monoisotopic (exact) mass is 471 g/mol. The van der Waals surface area contributed by atoms with Gasteiger partial charge in [0.25, 0.3) is 0 Å². The van der Waals surface area contributed by atoms with Crippen molar-refractivity contribution in [3.8, 4) is 17.2 Å². The Bertz CT molecular complexity index is 723. The molecule has 26 heavy (non-hydrogen) atoms. The lowest BCUT2D eigenvalue weighted by Gasteiger charge is -2.14. The molecule has 6 nitrogen and oxygen atoms in total. The van der Waals surface area contributed by atoms with Gasteiger partial charge in [0.2, 0.25) is 0 Å². The van der Waals surface area contributed by atoms with Crippen molar-refractivity contribution in [2.24, 2.45) is 4.99 Å². The van der Waals surface area contributed by atoms with Crippen LogP contribution in [-0.2, 0) is 13.0 Å². The molecular formula is C19H26IN3O3. The minimum Gasteiger partial charge on any atom is -0.508 e. The van der Waals surface area contributed by atoms with Crippen LogP contribution in [0, 0.1) is 0 Å². The van der Waals surface area contributed by atoms with Crippen molar-refractivity contribution in [1.29, 1.82) is 0 Å². The maximum Gasteiger partial charge on any atom is 0.191 e. The number of hydrogen-bond donors (Lipinski definition) is 3. The number of phenols is 1. The van der Waals surface area contributed by atoms with Gasteiger partial charge >= 0.3 is 0 Å². The predicted octanol–water partition coefficient (Wildman–Crippen LogP) is 2.94. The molecule has 0 saturated heterocycles. The summed E-state index contributed by atoms with van der Waals surface area (Å²) in [6.07, 6.45) is 0.815. The van der Waals surface area contributed by atoms with Crippen molar-refractivity contribution < 1.29 is 14.6 Å². The number of para-hydroxylation sites is 1. The second kappa shape index (κ2) is 11.5. The van der Waals surface area contributed by atoms with E-state index in [9.17, 15) is 5.11 Å². The molecule has 2 aromatic rings. The van der Waals surface area contributed by atoms with Gasteiger partial charge < -0.3 is 25.2 Å². The summed E-state index contributed by atoms with van der Waals surface area (Å²) in [4.78, 5) is 4.20. The zero-order chi connectivity index (χ0) is 18.1. The molecule has 0 unspecified atom stereocenters. The number of halogens is 1. The van der Waals surface area contributed by atoms with Crippen LogP contribution in [0.25, 0.3) is 0 Å². The average Bonchev–Trinajstić information content (AvgIpc) is 2.66. The minimum atomic E-state index is 0. The Kier molecular flexibility index (Phi) is 9.64. The fourth-order valence-corrected chi connectivity index (χ4v) is 2.46. The molecule has 0 aliphatic carbocycles. The van der Waals surface area contributed by atoms with Gasteiger partial charge in [0, 0.05) is 25.7 Å². The molecule has 3 N–H and O–H groups in total. The van der Waals surface area contributed by atoms with E-state index < -0.39 is 0 Å². The molecular weight excluding hydrogens is 445 g/mol. The molecule has 7 heteroatoms. The standard InChI is InChI=1S/C19H25N3O3.HI/c1-20-19(21-11-10-14-6-4-5-7-18(14)25-3)22-13-15-12-16(24-2)8-9-17(15)23;/h4-9,12,23H,10-11,13H2,1-3H3,(H2,20,21,22);1H. The number of phenolic OH excluding ortho intramolecular Hbond substituents is 1. The summed E-state index contributed by atoms with van der Waals surface area (Å²) in [6.45, 7) is 1.15. The first-order valence-corrected chi connectivity index (χ1v) is 8.10. The molecule has 0 spiro atoms. The van der Waals surface area contributed by atoms with Crippen molar-refractivity contribution >= 4 is 29.9 Å². The first-order valence-electron chi connectivity index (χ1n) is 8.10. The summed E-state index contributed by atoms with van der Waals surface area (Å²) >= 11 is 0. The van der Waals surface area contributed by atoms with Gasteiger partial charge in [-0.1, -0.05) is 18.2 Å². The second-order valence-corrected chi connectivity index (χ2v) is 5.41. The summed E-state index contributed by atoms with van der Waals surface area (Å²) in [5.41, 5.74) is 1.88. The van der Waals surface area contributed by atoms with E-state index in [1.54, 1.807) is 39.5 Å². The number of nitrogens with one attached hydrogen (secondary N) is 2. The highest BCUT2D eigenvalue weighted by molar-refractivity contribution is 14.0. The summed E-state index contributed by atoms with van der Waals surface area (Å²) < 4.78 is 10.5. The van der Waals surface area contributed by atoms with Gasteiger partial charge in [-0.05, 0) is 36.2 Å². The SMILES string of the molecule is CN=C(NCCc1ccccc1OC)NCc1cc(OC)ccc1O.I. The summed E-state index contributed by atoms with van der Waals surface area (Å²) in [6, 6.07) is 13.1. The van der Waals surface area contributed by atoms with Crippen molar-refractivity contribution in [2.45, 2.75) is 13.0 Å². The van der Waals surface area contributed by atoms with Crippen molar-refractivity contribution in [3.05, 3.63) is 53.6 Å². The third-order valence-corrected chi connectivity index (χ3v) is 3.84. The number of methoxy groups -OCH3 is 2. The highest BCUT2D eigenvalue weighted by Gasteiger charge is 2.06. The number of hydrogen-bond acceptors (Lipinski definition) is 4. The molecule has 0 fully saturated rings. The summed E-state index contributed by atoms with van der Waals surface area (Å²) in [5.74, 6) is 2.47. The Hall–Kier alpha value is -2.16. The lowest BCUT2D eigenvalue weighted by Crippen LogP contribution is -2.37. The molecule has 0 heterocycles. The lowest BCUT2D eigenvalue weighted by molar-refractivity contribution is 0.409. The number of rotatable bonds is 7. The van der Waals surface area contributed by atoms with E-state index >= 15 is 0 Å². The number of ether oxygens (including phenoxy) is 2. The Morgan fingerprint density at radius 2 is 1.81 bits per heavy atom. The molecule has 0 aliphatic heterocycles. The van der Waals surface area contributed by atoms with E-state index in [-0.39, 0.29) is 29.7 Å². The number of guanidine groups is 1. The topological polar surface area (TPSA) is 75.1 Å². The van der Waals surface area contributed by atoms with E-state index in [2.05, 4.69) is 15.6 Å². The van der Waals surface area contributed by atoms with Crippen LogP contribution >= 0.6 is 24.0 Å². The average molecular weight is 471 g/mol.